The van der Waals surface area contributed by atoms with E-state index in [2.05, 4.69) is 69.6 Å². The number of nitrogens with zero attached hydrogens (tertiary/aromatic N) is 3. The lowest BCUT2D eigenvalue weighted by molar-refractivity contribution is 0.873. The summed E-state index contributed by atoms with van der Waals surface area (Å²) in [5, 5.41) is 3.44. The number of rotatable bonds is 5. The number of fused-ring (bicyclic) bond motifs is 1. The van der Waals surface area contributed by atoms with Crippen LogP contribution in [0.15, 0.2) is 53.5 Å². The first kappa shape index (κ1) is 14.9. The highest BCUT2D eigenvalue weighted by molar-refractivity contribution is 7.78. The Morgan fingerprint density at radius 1 is 1.18 bits per heavy atom. The molecule has 0 aliphatic carbocycles. The molecule has 0 amide bonds. The fourth-order valence-corrected chi connectivity index (χ4v) is 3.26. The number of para-hydroxylation sites is 1. The van der Waals surface area contributed by atoms with Crippen LogP contribution in [0.25, 0.3) is 10.2 Å². The van der Waals surface area contributed by atoms with Gasteiger partial charge in [0.15, 0.2) is 5.13 Å². The number of aliphatic imine (C=N–C) groups is 1. The van der Waals surface area contributed by atoms with E-state index in [4.69, 9.17) is 0 Å². The van der Waals surface area contributed by atoms with E-state index in [1.807, 2.05) is 18.2 Å². The van der Waals surface area contributed by atoms with Crippen LogP contribution in [-0.4, -0.2) is 23.7 Å². The third-order valence-corrected chi connectivity index (χ3v) is 4.70. The molecule has 0 spiro atoms. The average Bonchev–Trinajstić information content (AvgIpc) is 2.98. The van der Waals surface area contributed by atoms with Gasteiger partial charge in [-0.1, -0.05) is 35.6 Å². The molecule has 0 fully saturated rings. The Hall–Kier alpha value is -2.07. The summed E-state index contributed by atoms with van der Waals surface area (Å²) in [6.45, 7) is 0.926. The van der Waals surface area contributed by atoms with Crippen molar-refractivity contribution in [1.29, 1.82) is 0 Å². The quantitative estimate of drug-likeness (QED) is 0.502. The third kappa shape index (κ3) is 3.39. The molecule has 0 atom stereocenters. The van der Waals surface area contributed by atoms with Crippen molar-refractivity contribution in [2.24, 2.45) is 4.99 Å². The molecule has 0 aliphatic heterocycles. The van der Waals surface area contributed by atoms with E-state index in [-0.39, 0.29) is 0 Å². The molecule has 0 saturated heterocycles. The van der Waals surface area contributed by atoms with Crippen molar-refractivity contribution in [3.63, 3.8) is 0 Å². The number of benzene rings is 2. The Morgan fingerprint density at radius 2 is 1.95 bits per heavy atom. The lowest BCUT2D eigenvalue weighted by Crippen LogP contribution is -2.19. The second-order valence-corrected chi connectivity index (χ2v) is 6.20. The molecule has 22 heavy (non-hydrogen) atoms. The maximum Gasteiger partial charge on any atom is 0.186 e. The Balaban J connectivity index is 1.66. The number of thiocarbonyl (C=S) groups is 1. The highest BCUT2D eigenvalue weighted by Crippen LogP contribution is 2.27. The van der Waals surface area contributed by atoms with Gasteiger partial charge in [-0.15, -0.1) is 0 Å². The van der Waals surface area contributed by atoms with E-state index in [0.717, 1.165) is 29.3 Å². The van der Waals surface area contributed by atoms with E-state index < -0.39 is 0 Å². The second-order valence-electron chi connectivity index (χ2n) is 5.01. The molecule has 0 radical (unpaired) electrons. The molecular formula is C17H15N3S2. The van der Waals surface area contributed by atoms with E-state index >= 15 is 0 Å². The fourth-order valence-electron chi connectivity index (χ4n) is 2.21. The van der Waals surface area contributed by atoms with Crippen LogP contribution >= 0.6 is 23.6 Å². The van der Waals surface area contributed by atoms with Crippen molar-refractivity contribution < 1.29 is 0 Å². The monoisotopic (exact) mass is 325 g/mol. The van der Waals surface area contributed by atoms with Gasteiger partial charge in [-0.25, -0.2) is 4.98 Å². The maximum atomic E-state index is 4.67. The van der Waals surface area contributed by atoms with Crippen molar-refractivity contribution >= 4 is 49.8 Å². The number of thiazole rings is 1. The minimum absolute atomic E-state index is 0.846. The van der Waals surface area contributed by atoms with Crippen LogP contribution in [0.3, 0.4) is 0 Å². The van der Waals surface area contributed by atoms with Gasteiger partial charge in [0.05, 0.1) is 21.1 Å². The minimum Gasteiger partial charge on any atom is -0.351 e. The summed E-state index contributed by atoms with van der Waals surface area (Å²) in [5.41, 5.74) is 3.19. The van der Waals surface area contributed by atoms with Gasteiger partial charge in [0.1, 0.15) is 0 Å². The molecule has 0 saturated carbocycles. The Kier molecular flexibility index (Phi) is 4.59. The summed E-state index contributed by atoms with van der Waals surface area (Å²) >= 11 is 6.33. The smallest absolute Gasteiger partial charge is 0.186 e. The first-order valence-electron chi connectivity index (χ1n) is 7.00. The first-order valence-corrected chi connectivity index (χ1v) is 8.22. The van der Waals surface area contributed by atoms with E-state index in [1.165, 1.54) is 10.3 Å². The maximum absolute atomic E-state index is 4.67. The molecule has 0 aliphatic rings. The van der Waals surface area contributed by atoms with E-state index in [9.17, 15) is 0 Å². The second kappa shape index (κ2) is 6.79. The predicted molar refractivity (Wildman–Crippen MR) is 97.7 cm³/mol. The standard InChI is InChI=1S/C17H15N3S2/c1-20(17-19-15-4-2-3-5-16(15)22-17)11-10-13-6-8-14(9-7-13)18-12-21/h2-9H,10-11H2,1H3. The molecule has 0 N–H and O–H groups in total. The molecule has 3 rings (SSSR count). The van der Waals surface area contributed by atoms with Gasteiger partial charge in [-0.2, -0.15) is 4.99 Å². The summed E-state index contributed by atoms with van der Waals surface area (Å²) in [5.74, 6) is 0. The molecule has 1 heterocycles. The molecule has 0 bridgehead atoms. The number of isothiocyanates is 1. The van der Waals surface area contributed by atoms with Gasteiger partial charge in [0.2, 0.25) is 0 Å². The van der Waals surface area contributed by atoms with E-state index in [1.54, 1.807) is 11.3 Å². The average molecular weight is 325 g/mol. The van der Waals surface area contributed by atoms with Crippen LogP contribution in [0.2, 0.25) is 0 Å². The van der Waals surface area contributed by atoms with Crippen LogP contribution < -0.4 is 4.90 Å². The Bertz CT molecular complexity index is 784. The van der Waals surface area contributed by atoms with Crippen LogP contribution in [0.1, 0.15) is 5.56 Å². The largest absolute Gasteiger partial charge is 0.351 e. The van der Waals surface area contributed by atoms with Gasteiger partial charge < -0.3 is 4.90 Å². The number of hydrogen-bond donors (Lipinski definition) is 0. The summed E-state index contributed by atoms with van der Waals surface area (Å²) in [6, 6.07) is 16.3. The van der Waals surface area contributed by atoms with Gasteiger partial charge in [0.25, 0.3) is 0 Å². The Labute approximate surface area is 139 Å². The van der Waals surface area contributed by atoms with Crippen molar-refractivity contribution in [2.75, 3.05) is 18.5 Å². The Morgan fingerprint density at radius 3 is 2.68 bits per heavy atom. The van der Waals surface area contributed by atoms with Crippen LogP contribution in [0, 0.1) is 0 Å². The highest BCUT2D eigenvalue weighted by atomic mass is 32.1. The summed E-state index contributed by atoms with van der Waals surface area (Å²) in [6.07, 6.45) is 0.966. The number of anilines is 1. The van der Waals surface area contributed by atoms with Crippen molar-refractivity contribution in [1.82, 2.24) is 4.98 Å². The molecule has 0 unspecified atom stereocenters. The first-order chi connectivity index (χ1) is 10.8. The van der Waals surface area contributed by atoms with Crippen molar-refractivity contribution in [3.8, 4) is 0 Å². The van der Waals surface area contributed by atoms with Gasteiger partial charge >= 0.3 is 0 Å². The van der Waals surface area contributed by atoms with Gasteiger partial charge in [0, 0.05) is 13.6 Å². The van der Waals surface area contributed by atoms with Crippen molar-refractivity contribution in [3.05, 3.63) is 54.1 Å². The predicted octanol–water partition coefficient (Wildman–Crippen LogP) is 4.71. The van der Waals surface area contributed by atoms with Crippen molar-refractivity contribution in [2.45, 2.75) is 6.42 Å². The normalized spacial score (nSPS) is 10.4. The SMILES string of the molecule is CN(CCc1ccc(N=C=S)cc1)c1nc2ccccc2s1. The number of hydrogen-bond acceptors (Lipinski definition) is 5. The van der Waals surface area contributed by atoms with Crippen LogP contribution in [0.4, 0.5) is 10.8 Å². The lowest BCUT2D eigenvalue weighted by Gasteiger charge is -2.15. The molecule has 1 aromatic heterocycles. The molecule has 5 heteroatoms. The van der Waals surface area contributed by atoms with Gasteiger partial charge in [-0.05, 0) is 48.5 Å². The molecule has 3 nitrogen and oxygen atoms in total. The van der Waals surface area contributed by atoms with Crippen LogP contribution in [0.5, 0.6) is 0 Å². The molecular weight excluding hydrogens is 310 g/mol. The molecule has 2 aromatic carbocycles. The van der Waals surface area contributed by atoms with E-state index in [0.29, 0.717) is 0 Å². The third-order valence-electron chi connectivity index (χ3n) is 3.46. The lowest BCUT2D eigenvalue weighted by atomic mass is 10.1. The van der Waals surface area contributed by atoms with Gasteiger partial charge in [-0.3, -0.25) is 0 Å². The van der Waals surface area contributed by atoms with Crippen LogP contribution in [-0.2, 0) is 6.42 Å². The summed E-state index contributed by atoms with van der Waals surface area (Å²) < 4.78 is 1.23. The molecule has 110 valence electrons. The fraction of sp³-hybridized carbons (Fsp3) is 0.176. The number of likely N-dealkylation sites (N-methyl/N-ethyl adjacent to an activating group) is 1. The zero-order valence-electron chi connectivity index (χ0n) is 12.2. The zero-order valence-corrected chi connectivity index (χ0v) is 13.8. The highest BCUT2D eigenvalue weighted by Gasteiger charge is 2.08. The molecule has 3 aromatic rings. The zero-order chi connectivity index (χ0) is 15.4. The minimum atomic E-state index is 0.846. The summed E-state index contributed by atoms with van der Waals surface area (Å²) in [4.78, 5) is 10.8. The number of aromatic nitrogens is 1. The summed E-state index contributed by atoms with van der Waals surface area (Å²) in [7, 11) is 2.09. The topological polar surface area (TPSA) is 28.5 Å².